The minimum atomic E-state index is -0.433. The molecule has 2 rings (SSSR count). The second-order valence-electron chi connectivity index (χ2n) is 6.09. The maximum atomic E-state index is 11.8. The van der Waals surface area contributed by atoms with E-state index in [1.807, 2.05) is 0 Å². The molecule has 1 saturated heterocycles. The summed E-state index contributed by atoms with van der Waals surface area (Å²) in [7, 11) is 2.18. The summed E-state index contributed by atoms with van der Waals surface area (Å²) in [6.07, 6.45) is 6.52. The lowest BCUT2D eigenvalue weighted by Gasteiger charge is -2.44. The Kier molecular flexibility index (Phi) is 4.82. The number of carbonyl (C=O) groups excluding carboxylic acids is 1. The van der Waals surface area contributed by atoms with Crippen molar-refractivity contribution in [2.45, 2.75) is 45.4 Å². The molecule has 1 aliphatic heterocycles. The normalized spacial score (nSPS) is 22.4. The van der Waals surface area contributed by atoms with E-state index in [4.69, 9.17) is 11.3 Å². The zero-order valence-corrected chi connectivity index (χ0v) is 12.6. The van der Waals surface area contributed by atoms with Crippen molar-refractivity contribution in [3.8, 4) is 0 Å². The van der Waals surface area contributed by atoms with Crippen molar-refractivity contribution in [2.24, 2.45) is 5.41 Å². The molecule has 0 radical (unpaired) electrons. The van der Waals surface area contributed by atoms with Crippen molar-refractivity contribution in [3.05, 3.63) is 22.7 Å². The van der Waals surface area contributed by atoms with E-state index < -0.39 is 5.97 Å². The van der Waals surface area contributed by atoms with Crippen LogP contribution in [0.1, 0.15) is 45.4 Å². The van der Waals surface area contributed by atoms with Crippen LogP contribution in [0.2, 0.25) is 0 Å². The number of esters is 1. The maximum Gasteiger partial charge on any atom is 0.336 e. The average Bonchev–Trinajstić information content (AvgIpc) is 2.46. The van der Waals surface area contributed by atoms with E-state index in [-0.39, 0.29) is 5.70 Å². The number of piperidine rings is 1. The molecule has 2 fully saturated rings. The Balaban J connectivity index is 2.02. The molecule has 0 amide bonds. The first-order valence-corrected chi connectivity index (χ1v) is 7.55. The van der Waals surface area contributed by atoms with E-state index in [0.717, 1.165) is 31.3 Å². The Bertz CT molecular complexity index is 428. The van der Waals surface area contributed by atoms with Gasteiger partial charge >= 0.3 is 5.97 Å². The lowest BCUT2D eigenvalue weighted by Crippen LogP contribution is -2.39. The predicted molar refractivity (Wildman–Crippen MR) is 77.9 cm³/mol. The van der Waals surface area contributed by atoms with Gasteiger partial charge < -0.3 is 9.64 Å². The second kappa shape index (κ2) is 6.41. The standard InChI is InChI=1S/C16H24N2O2/c1-4-20-15(19)14(17-2)13-5-7-16(8-6-13)9-11-18(3)12-10-16/h4-12H2,1,3H3. The Hall–Kier alpha value is -1.34. The van der Waals surface area contributed by atoms with Crippen LogP contribution < -0.4 is 0 Å². The first-order valence-electron chi connectivity index (χ1n) is 7.55. The molecule has 20 heavy (non-hydrogen) atoms. The quantitative estimate of drug-likeness (QED) is 0.442. The number of likely N-dealkylation sites (tertiary alicyclic amines) is 1. The Labute approximate surface area is 121 Å². The zero-order valence-electron chi connectivity index (χ0n) is 12.6. The van der Waals surface area contributed by atoms with Crippen molar-refractivity contribution >= 4 is 5.97 Å². The predicted octanol–water partition coefficient (Wildman–Crippen LogP) is 3.01. The van der Waals surface area contributed by atoms with Crippen LogP contribution in [0.15, 0.2) is 11.3 Å². The van der Waals surface area contributed by atoms with E-state index in [1.165, 1.54) is 25.9 Å². The molecular weight excluding hydrogens is 252 g/mol. The number of ether oxygens (including phenoxy) is 1. The molecule has 4 heteroatoms. The van der Waals surface area contributed by atoms with Gasteiger partial charge in [0.15, 0.2) is 0 Å². The SMILES string of the molecule is [C-]#[N+]C(C(=O)OCC)=C1CCC2(CC1)CCN(C)CC2. The molecule has 2 aliphatic rings. The molecule has 1 spiro atoms. The highest BCUT2D eigenvalue weighted by atomic mass is 16.5. The summed E-state index contributed by atoms with van der Waals surface area (Å²) in [5.41, 5.74) is 1.72. The number of allylic oxidation sites excluding steroid dienone is 1. The van der Waals surface area contributed by atoms with Gasteiger partial charge in [-0.05, 0) is 71.0 Å². The van der Waals surface area contributed by atoms with Crippen molar-refractivity contribution in [2.75, 3.05) is 26.7 Å². The zero-order chi connectivity index (χ0) is 14.6. The minimum Gasteiger partial charge on any atom is -0.471 e. The summed E-state index contributed by atoms with van der Waals surface area (Å²) < 4.78 is 4.98. The molecule has 1 saturated carbocycles. The average molecular weight is 276 g/mol. The topological polar surface area (TPSA) is 33.9 Å². The van der Waals surface area contributed by atoms with Gasteiger partial charge in [-0.2, -0.15) is 0 Å². The van der Waals surface area contributed by atoms with Crippen molar-refractivity contribution in [1.29, 1.82) is 0 Å². The van der Waals surface area contributed by atoms with Crippen molar-refractivity contribution in [1.82, 2.24) is 4.90 Å². The summed E-state index contributed by atoms with van der Waals surface area (Å²) in [5.74, 6) is -0.433. The van der Waals surface area contributed by atoms with Crippen LogP contribution in [0.25, 0.3) is 4.85 Å². The molecule has 0 atom stereocenters. The summed E-state index contributed by atoms with van der Waals surface area (Å²) in [4.78, 5) is 17.6. The molecule has 4 nitrogen and oxygen atoms in total. The summed E-state index contributed by atoms with van der Waals surface area (Å²) in [6, 6.07) is 0. The smallest absolute Gasteiger partial charge is 0.336 e. The molecule has 1 aliphatic carbocycles. The van der Waals surface area contributed by atoms with E-state index in [1.54, 1.807) is 6.92 Å². The third-order valence-electron chi connectivity index (χ3n) is 4.88. The van der Waals surface area contributed by atoms with Crippen LogP contribution in [0.5, 0.6) is 0 Å². The largest absolute Gasteiger partial charge is 0.471 e. The molecule has 0 N–H and O–H groups in total. The van der Waals surface area contributed by atoms with Crippen molar-refractivity contribution < 1.29 is 9.53 Å². The Morgan fingerprint density at radius 2 is 1.90 bits per heavy atom. The Morgan fingerprint density at radius 1 is 1.30 bits per heavy atom. The second-order valence-corrected chi connectivity index (χ2v) is 6.09. The summed E-state index contributed by atoms with van der Waals surface area (Å²) in [6.45, 7) is 11.7. The highest BCUT2D eigenvalue weighted by Crippen LogP contribution is 2.46. The summed E-state index contributed by atoms with van der Waals surface area (Å²) >= 11 is 0. The fraction of sp³-hybridized carbons (Fsp3) is 0.750. The number of hydrogen-bond donors (Lipinski definition) is 0. The fourth-order valence-electron chi connectivity index (χ4n) is 3.38. The number of rotatable bonds is 2. The summed E-state index contributed by atoms with van der Waals surface area (Å²) in [5, 5.41) is 0. The van der Waals surface area contributed by atoms with E-state index in [9.17, 15) is 4.79 Å². The highest BCUT2D eigenvalue weighted by molar-refractivity contribution is 5.91. The van der Waals surface area contributed by atoms with Gasteiger partial charge in [0.2, 0.25) is 0 Å². The van der Waals surface area contributed by atoms with Crippen LogP contribution in [0.4, 0.5) is 0 Å². The van der Waals surface area contributed by atoms with Gasteiger partial charge in [-0.3, -0.25) is 4.79 Å². The molecule has 110 valence electrons. The molecule has 0 aromatic heterocycles. The van der Waals surface area contributed by atoms with Gasteiger partial charge in [0, 0.05) is 0 Å². The van der Waals surface area contributed by atoms with Gasteiger partial charge in [-0.1, -0.05) is 5.57 Å². The van der Waals surface area contributed by atoms with Crippen LogP contribution in [-0.2, 0) is 9.53 Å². The lowest BCUT2D eigenvalue weighted by molar-refractivity contribution is -0.138. The van der Waals surface area contributed by atoms with Crippen LogP contribution >= 0.6 is 0 Å². The first-order chi connectivity index (χ1) is 9.60. The van der Waals surface area contributed by atoms with Gasteiger partial charge in [-0.25, -0.2) is 4.85 Å². The lowest BCUT2D eigenvalue weighted by atomic mass is 9.67. The monoisotopic (exact) mass is 276 g/mol. The number of nitrogens with zero attached hydrogens (tertiary/aromatic N) is 2. The molecule has 1 heterocycles. The van der Waals surface area contributed by atoms with Crippen molar-refractivity contribution in [3.63, 3.8) is 0 Å². The third kappa shape index (κ3) is 3.21. The molecule has 0 aromatic carbocycles. The number of carbonyl (C=O) groups is 1. The molecule has 0 unspecified atom stereocenters. The van der Waals surface area contributed by atoms with E-state index in [2.05, 4.69) is 16.8 Å². The Morgan fingerprint density at radius 3 is 2.40 bits per heavy atom. The number of hydrogen-bond acceptors (Lipinski definition) is 3. The minimum absolute atomic E-state index is 0.245. The maximum absolute atomic E-state index is 11.8. The van der Waals surface area contributed by atoms with Crippen LogP contribution in [0, 0.1) is 12.0 Å². The fourth-order valence-corrected chi connectivity index (χ4v) is 3.38. The van der Waals surface area contributed by atoms with E-state index >= 15 is 0 Å². The van der Waals surface area contributed by atoms with Gasteiger partial charge in [0.05, 0.1) is 13.2 Å². The molecule has 0 bridgehead atoms. The molecular formula is C16H24N2O2. The highest BCUT2D eigenvalue weighted by Gasteiger charge is 2.37. The van der Waals surface area contributed by atoms with Crippen LogP contribution in [0.3, 0.4) is 0 Å². The first kappa shape index (κ1) is 15.1. The van der Waals surface area contributed by atoms with E-state index in [0.29, 0.717) is 12.0 Å². The van der Waals surface area contributed by atoms with Gasteiger partial charge in [0.25, 0.3) is 5.70 Å². The van der Waals surface area contributed by atoms with Gasteiger partial charge in [-0.15, -0.1) is 0 Å². The molecule has 0 aromatic rings. The third-order valence-corrected chi connectivity index (χ3v) is 4.88. The van der Waals surface area contributed by atoms with Gasteiger partial charge in [0.1, 0.15) is 0 Å². The van der Waals surface area contributed by atoms with Crippen LogP contribution in [-0.4, -0.2) is 37.6 Å².